The smallest absolute Gasteiger partial charge is 0.346 e. The van der Waals surface area contributed by atoms with E-state index in [-0.39, 0.29) is 0 Å². The summed E-state index contributed by atoms with van der Waals surface area (Å²) in [6.45, 7) is 7.64. The van der Waals surface area contributed by atoms with Crippen molar-refractivity contribution in [2.75, 3.05) is 7.11 Å². The summed E-state index contributed by atoms with van der Waals surface area (Å²) in [4.78, 5) is 16.0. The lowest BCUT2D eigenvalue weighted by Crippen LogP contribution is -2.25. The van der Waals surface area contributed by atoms with E-state index >= 15 is 0 Å². The molecular formula is C16H19NO3. The zero-order chi connectivity index (χ0) is 14.9. The molecule has 2 aromatic rings. The van der Waals surface area contributed by atoms with Crippen molar-refractivity contribution in [3.05, 3.63) is 35.0 Å². The second-order valence-corrected chi connectivity index (χ2v) is 5.02. The van der Waals surface area contributed by atoms with Crippen molar-refractivity contribution in [2.45, 2.75) is 33.8 Å². The van der Waals surface area contributed by atoms with Crippen LogP contribution in [0.3, 0.4) is 0 Å². The highest BCUT2D eigenvalue weighted by Gasteiger charge is 2.17. The van der Waals surface area contributed by atoms with Gasteiger partial charge >= 0.3 is 5.97 Å². The van der Waals surface area contributed by atoms with Crippen molar-refractivity contribution in [3.8, 4) is 5.75 Å². The molecule has 1 unspecified atom stereocenters. The molecule has 1 atom stereocenters. The predicted octanol–water partition coefficient (Wildman–Crippen LogP) is 3.10. The molecule has 0 aliphatic heterocycles. The number of ether oxygens (including phenoxy) is 2. The topological polar surface area (TPSA) is 48.4 Å². The number of carbonyl (C=O) groups excluding carboxylic acids is 1. The number of methoxy groups -OCH3 is 1. The van der Waals surface area contributed by atoms with Gasteiger partial charge in [-0.25, -0.2) is 4.79 Å². The van der Waals surface area contributed by atoms with Crippen LogP contribution in [0, 0.1) is 20.8 Å². The van der Waals surface area contributed by atoms with Crippen LogP contribution < -0.4 is 4.74 Å². The van der Waals surface area contributed by atoms with E-state index in [1.165, 1.54) is 7.11 Å². The Morgan fingerprint density at radius 3 is 2.55 bits per heavy atom. The van der Waals surface area contributed by atoms with E-state index in [9.17, 15) is 4.79 Å². The number of esters is 1. The molecule has 0 aliphatic rings. The normalized spacial score (nSPS) is 12.2. The molecule has 0 bridgehead atoms. The summed E-state index contributed by atoms with van der Waals surface area (Å²) < 4.78 is 10.5. The van der Waals surface area contributed by atoms with Gasteiger partial charge in [0, 0.05) is 17.1 Å². The van der Waals surface area contributed by atoms with Gasteiger partial charge in [0.1, 0.15) is 5.75 Å². The maximum atomic E-state index is 11.5. The summed E-state index contributed by atoms with van der Waals surface area (Å²) in [6.07, 6.45) is -0.647. The van der Waals surface area contributed by atoms with E-state index in [1.54, 1.807) is 6.92 Å². The van der Waals surface area contributed by atoms with Crippen LogP contribution in [0.1, 0.15) is 23.7 Å². The summed E-state index contributed by atoms with van der Waals surface area (Å²) in [6, 6.07) is 5.95. The molecule has 0 spiro atoms. The van der Waals surface area contributed by atoms with Crippen LogP contribution in [-0.4, -0.2) is 24.2 Å². The van der Waals surface area contributed by atoms with Gasteiger partial charge in [-0.2, -0.15) is 0 Å². The molecule has 106 valence electrons. The predicted molar refractivity (Wildman–Crippen MR) is 78.1 cm³/mol. The van der Waals surface area contributed by atoms with Gasteiger partial charge in [-0.15, -0.1) is 0 Å². The summed E-state index contributed by atoms with van der Waals surface area (Å²) >= 11 is 0. The molecule has 0 saturated carbocycles. The van der Waals surface area contributed by atoms with E-state index in [0.29, 0.717) is 5.75 Å². The third-order valence-corrected chi connectivity index (χ3v) is 3.18. The van der Waals surface area contributed by atoms with Gasteiger partial charge in [0.15, 0.2) is 6.10 Å². The van der Waals surface area contributed by atoms with Gasteiger partial charge in [0.25, 0.3) is 0 Å². The van der Waals surface area contributed by atoms with E-state index in [0.717, 1.165) is 27.7 Å². The van der Waals surface area contributed by atoms with Gasteiger partial charge < -0.3 is 9.47 Å². The minimum atomic E-state index is -0.647. The molecule has 0 saturated heterocycles. The molecule has 0 radical (unpaired) electrons. The molecule has 1 aromatic heterocycles. The van der Waals surface area contributed by atoms with Crippen molar-refractivity contribution in [1.29, 1.82) is 0 Å². The van der Waals surface area contributed by atoms with Crippen LogP contribution in [0.5, 0.6) is 5.75 Å². The van der Waals surface area contributed by atoms with Crippen molar-refractivity contribution >= 4 is 16.9 Å². The molecule has 4 heteroatoms. The summed E-state index contributed by atoms with van der Waals surface area (Å²) in [5.41, 5.74) is 3.98. The number of aromatic nitrogens is 1. The van der Waals surface area contributed by atoms with Gasteiger partial charge in [0.2, 0.25) is 0 Å². The number of nitrogens with zero attached hydrogens (tertiary/aromatic N) is 1. The Morgan fingerprint density at radius 2 is 1.90 bits per heavy atom. The Morgan fingerprint density at radius 1 is 1.20 bits per heavy atom. The van der Waals surface area contributed by atoms with Crippen molar-refractivity contribution < 1.29 is 14.3 Å². The second kappa shape index (κ2) is 5.49. The Labute approximate surface area is 118 Å². The fraction of sp³-hybridized carbons (Fsp3) is 0.375. The molecule has 1 aromatic carbocycles. The van der Waals surface area contributed by atoms with Crippen LogP contribution in [0.4, 0.5) is 0 Å². The fourth-order valence-corrected chi connectivity index (χ4v) is 2.34. The van der Waals surface area contributed by atoms with Gasteiger partial charge in [-0.3, -0.25) is 4.98 Å². The number of aryl methyl sites for hydroxylation is 3. The molecule has 1 heterocycles. The number of rotatable bonds is 3. The second-order valence-electron chi connectivity index (χ2n) is 5.02. The van der Waals surface area contributed by atoms with E-state index < -0.39 is 12.1 Å². The lowest BCUT2D eigenvalue weighted by Gasteiger charge is -2.16. The largest absolute Gasteiger partial charge is 0.478 e. The monoisotopic (exact) mass is 273 g/mol. The van der Waals surface area contributed by atoms with Gasteiger partial charge in [0.05, 0.1) is 12.6 Å². The van der Waals surface area contributed by atoms with Crippen LogP contribution >= 0.6 is 0 Å². The third-order valence-electron chi connectivity index (χ3n) is 3.18. The molecule has 4 nitrogen and oxygen atoms in total. The molecule has 20 heavy (non-hydrogen) atoms. The first-order chi connectivity index (χ1) is 9.42. The first-order valence-electron chi connectivity index (χ1n) is 6.55. The van der Waals surface area contributed by atoms with Gasteiger partial charge in [-0.1, -0.05) is 6.07 Å². The number of hydrogen-bond acceptors (Lipinski definition) is 4. The van der Waals surface area contributed by atoms with E-state index in [1.807, 2.05) is 32.9 Å². The Bertz CT molecular complexity index is 659. The SMILES string of the molecule is COC(=O)C(C)Oc1cc(C)nc2cc(C)cc(C)c12. The highest BCUT2D eigenvalue weighted by atomic mass is 16.6. The van der Waals surface area contributed by atoms with Crippen molar-refractivity contribution in [3.63, 3.8) is 0 Å². The molecule has 0 N–H and O–H groups in total. The molecule has 2 rings (SSSR count). The van der Waals surface area contributed by atoms with E-state index in [2.05, 4.69) is 11.1 Å². The summed E-state index contributed by atoms with van der Waals surface area (Å²) in [7, 11) is 1.35. The molecule has 0 fully saturated rings. The van der Waals surface area contributed by atoms with Gasteiger partial charge in [-0.05, 0) is 44.9 Å². The van der Waals surface area contributed by atoms with Crippen LogP contribution in [0.15, 0.2) is 18.2 Å². The molecule has 0 amide bonds. The average Bonchev–Trinajstić information content (AvgIpc) is 2.35. The van der Waals surface area contributed by atoms with Crippen LogP contribution in [0.25, 0.3) is 10.9 Å². The minimum absolute atomic E-state index is 0.391. The van der Waals surface area contributed by atoms with E-state index in [4.69, 9.17) is 9.47 Å². The standard InChI is InChI=1S/C16H19NO3/c1-9-6-10(2)15-13(7-9)17-11(3)8-14(15)20-12(4)16(18)19-5/h6-8,12H,1-5H3. The van der Waals surface area contributed by atoms with Crippen molar-refractivity contribution in [1.82, 2.24) is 4.98 Å². The fourth-order valence-electron chi connectivity index (χ4n) is 2.34. The highest BCUT2D eigenvalue weighted by Crippen LogP contribution is 2.30. The molecular weight excluding hydrogens is 254 g/mol. The number of hydrogen-bond donors (Lipinski definition) is 0. The summed E-state index contributed by atoms with van der Waals surface area (Å²) in [5.74, 6) is 0.278. The first kappa shape index (κ1) is 14.3. The summed E-state index contributed by atoms with van der Waals surface area (Å²) in [5, 5.41) is 0.942. The first-order valence-corrected chi connectivity index (χ1v) is 6.55. The number of fused-ring (bicyclic) bond motifs is 1. The van der Waals surface area contributed by atoms with Crippen LogP contribution in [0.2, 0.25) is 0 Å². The average molecular weight is 273 g/mol. The third kappa shape index (κ3) is 2.74. The zero-order valence-electron chi connectivity index (χ0n) is 12.5. The maximum Gasteiger partial charge on any atom is 0.346 e. The quantitative estimate of drug-likeness (QED) is 0.806. The minimum Gasteiger partial charge on any atom is -0.478 e. The van der Waals surface area contributed by atoms with Crippen LogP contribution in [-0.2, 0) is 9.53 Å². The zero-order valence-corrected chi connectivity index (χ0v) is 12.5. The Hall–Kier alpha value is -2.10. The van der Waals surface area contributed by atoms with Crippen molar-refractivity contribution in [2.24, 2.45) is 0 Å². The lowest BCUT2D eigenvalue weighted by molar-refractivity contribution is -0.147. The molecule has 0 aliphatic carbocycles. The lowest BCUT2D eigenvalue weighted by atomic mass is 10.0. The number of benzene rings is 1. The Balaban J connectivity index is 2.55. The Kier molecular flexibility index (Phi) is 3.93. The number of carbonyl (C=O) groups is 1. The highest BCUT2D eigenvalue weighted by molar-refractivity contribution is 5.89. The number of pyridine rings is 1. The maximum absolute atomic E-state index is 11.5.